The number of rotatable bonds is 3. The van der Waals surface area contributed by atoms with E-state index in [0.717, 1.165) is 19.5 Å². The molecule has 4 heteroatoms. The van der Waals surface area contributed by atoms with Gasteiger partial charge in [-0.25, -0.2) is 0 Å². The van der Waals surface area contributed by atoms with E-state index in [0.29, 0.717) is 6.04 Å². The molecule has 0 aromatic heterocycles. The van der Waals surface area contributed by atoms with Crippen LogP contribution in [0.15, 0.2) is 0 Å². The van der Waals surface area contributed by atoms with E-state index in [1.54, 1.807) is 18.9 Å². The van der Waals surface area contributed by atoms with Crippen LogP contribution >= 0.6 is 0 Å². The van der Waals surface area contributed by atoms with Crippen LogP contribution in [0.4, 0.5) is 0 Å². The first-order valence-corrected chi connectivity index (χ1v) is 4.67. The zero-order valence-electron chi connectivity index (χ0n) is 8.54. The number of methoxy groups -OCH3 is 1. The van der Waals surface area contributed by atoms with Gasteiger partial charge in [0.2, 0.25) is 0 Å². The minimum Gasteiger partial charge on any atom is -0.372 e. The van der Waals surface area contributed by atoms with Gasteiger partial charge in [-0.15, -0.1) is 0 Å². The van der Waals surface area contributed by atoms with Crippen LogP contribution in [0.5, 0.6) is 0 Å². The van der Waals surface area contributed by atoms with Gasteiger partial charge in [-0.2, -0.15) is 0 Å². The molecule has 0 saturated carbocycles. The number of likely N-dealkylation sites (N-methyl/N-ethyl adjacent to an activating group) is 1. The molecule has 1 fully saturated rings. The Balaban J connectivity index is 2.45. The van der Waals surface area contributed by atoms with Gasteiger partial charge in [0.1, 0.15) is 6.10 Å². The van der Waals surface area contributed by atoms with Crippen molar-refractivity contribution in [1.82, 2.24) is 10.2 Å². The Hall–Kier alpha value is -0.610. The number of hydrogen-bond donors (Lipinski definition) is 1. The maximum absolute atomic E-state index is 11.6. The third-order valence-electron chi connectivity index (χ3n) is 2.63. The number of carbonyl (C=O) groups is 1. The van der Waals surface area contributed by atoms with Gasteiger partial charge in [0.05, 0.1) is 0 Å². The van der Waals surface area contributed by atoms with Crippen LogP contribution in [-0.2, 0) is 9.53 Å². The maximum Gasteiger partial charge on any atom is 0.251 e. The van der Waals surface area contributed by atoms with E-state index in [4.69, 9.17) is 4.74 Å². The predicted molar refractivity (Wildman–Crippen MR) is 50.5 cm³/mol. The van der Waals surface area contributed by atoms with Crippen molar-refractivity contribution in [3.8, 4) is 0 Å². The van der Waals surface area contributed by atoms with Crippen molar-refractivity contribution in [2.24, 2.45) is 0 Å². The van der Waals surface area contributed by atoms with Crippen LogP contribution in [0, 0.1) is 0 Å². The van der Waals surface area contributed by atoms with Gasteiger partial charge >= 0.3 is 0 Å². The molecule has 0 aromatic rings. The first-order valence-electron chi connectivity index (χ1n) is 4.67. The topological polar surface area (TPSA) is 41.6 Å². The van der Waals surface area contributed by atoms with Gasteiger partial charge in [-0.05, 0) is 19.9 Å². The molecule has 4 nitrogen and oxygen atoms in total. The number of amides is 1. The van der Waals surface area contributed by atoms with Crippen LogP contribution in [0.25, 0.3) is 0 Å². The van der Waals surface area contributed by atoms with Gasteiger partial charge in [0.25, 0.3) is 5.91 Å². The molecular weight excluding hydrogens is 168 g/mol. The maximum atomic E-state index is 11.6. The number of nitrogens with zero attached hydrogens (tertiary/aromatic N) is 1. The Labute approximate surface area is 79.2 Å². The molecule has 2 atom stereocenters. The van der Waals surface area contributed by atoms with Gasteiger partial charge in [-0.1, -0.05) is 0 Å². The molecule has 1 aliphatic heterocycles. The average Bonchev–Trinajstić information content (AvgIpc) is 2.67. The van der Waals surface area contributed by atoms with E-state index in [-0.39, 0.29) is 12.0 Å². The largest absolute Gasteiger partial charge is 0.372 e. The van der Waals surface area contributed by atoms with E-state index in [1.807, 2.05) is 7.05 Å². The molecule has 13 heavy (non-hydrogen) atoms. The van der Waals surface area contributed by atoms with Crippen molar-refractivity contribution < 1.29 is 9.53 Å². The van der Waals surface area contributed by atoms with Crippen molar-refractivity contribution >= 4 is 5.91 Å². The Morgan fingerprint density at radius 3 is 2.85 bits per heavy atom. The number of carbonyl (C=O) groups excluding carboxylic acids is 1. The number of nitrogens with one attached hydrogen (secondary N) is 1. The molecule has 0 aliphatic carbocycles. The Kier molecular flexibility index (Phi) is 3.69. The second kappa shape index (κ2) is 4.58. The molecule has 76 valence electrons. The summed E-state index contributed by atoms with van der Waals surface area (Å²) in [4.78, 5) is 13.4. The fourth-order valence-corrected chi connectivity index (χ4v) is 1.54. The van der Waals surface area contributed by atoms with E-state index in [9.17, 15) is 4.79 Å². The molecule has 1 aliphatic rings. The van der Waals surface area contributed by atoms with Crippen molar-refractivity contribution in [3.05, 3.63) is 0 Å². The number of hydrogen-bond acceptors (Lipinski definition) is 3. The molecule has 1 rings (SSSR count). The first kappa shape index (κ1) is 10.5. The Morgan fingerprint density at radius 1 is 1.69 bits per heavy atom. The highest BCUT2D eigenvalue weighted by Gasteiger charge is 2.25. The molecule has 1 saturated heterocycles. The van der Waals surface area contributed by atoms with E-state index >= 15 is 0 Å². The van der Waals surface area contributed by atoms with Gasteiger partial charge in [0.15, 0.2) is 0 Å². The van der Waals surface area contributed by atoms with Crippen molar-refractivity contribution in [3.63, 3.8) is 0 Å². The summed E-state index contributed by atoms with van der Waals surface area (Å²) in [5, 5.41) is 3.23. The SMILES string of the molecule is COC(C)C(=O)N(C)C1CCNC1. The molecular formula is C9H18N2O2. The smallest absolute Gasteiger partial charge is 0.251 e. The van der Waals surface area contributed by atoms with Gasteiger partial charge in [-0.3, -0.25) is 4.79 Å². The summed E-state index contributed by atoms with van der Waals surface area (Å²) in [5.74, 6) is 0.0659. The second-order valence-electron chi connectivity index (χ2n) is 3.47. The highest BCUT2D eigenvalue weighted by atomic mass is 16.5. The van der Waals surface area contributed by atoms with Crippen LogP contribution in [0.2, 0.25) is 0 Å². The Morgan fingerprint density at radius 2 is 2.38 bits per heavy atom. The molecule has 2 unspecified atom stereocenters. The highest BCUT2D eigenvalue weighted by molar-refractivity contribution is 5.80. The lowest BCUT2D eigenvalue weighted by molar-refractivity contribution is -0.141. The standard InChI is InChI=1S/C9H18N2O2/c1-7(13-3)9(12)11(2)8-4-5-10-6-8/h7-8,10H,4-6H2,1-3H3. The summed E-state index contributed by atoms with van der Waals surface area (Å²) in [5.41, 5.74) is 0. The van der Waals surface area contributed by atoms with Crippen LogP contribution < -0.4 is 5.32 Å². The summed E-state index contributed by atoms with van der Waals surface area (Å²) >= 11 is 0. The fourth-order valence-electron chi connectivity index (χ4n) is 1.54. The molecule has 0 bridgehead atoms. The number of ether oxygens (including phenoxy) is 1. The van der Waals surface area contributed by atoms with Crippen molar-refractivity contribution in [1.29, 1.82) is 0 Å². The normalized spacial score (nSPS) is 24.4. The monoisotopic (exact) mass is 186 g/mol. The molecule has 0 radical (unpaired) electrons. The van der Waals surface area contributed by atoms with Crippen LogP contribution in [0.1, 0.15) is 13.3 Å². The van der Waals surface area contributed by atoms with Gasteiger partial charge in [0, 0.05) is 26.7 Å². The average molecular weight is 186 g/mol. The molecule has 0 spiro atoms. The summed E-state index contributed by atoms with van der Waals surface area (Å²) in [6, 6.07) is 0.338. The summed E-state index contributed by atoms with van der Waals surface area (Å²) in [6.07, 6.45) is 0.712. The summed E-state index contributed by atoms with van der Waals surface area (Å²) in [6.45, 7) is 3.68. The summed E-state index contributed by atoms with van der Waals surface area (Å²) < 4.78 is 4.98. The van der Waals surface area contributed by atoms with E-state index in [2.05, 4.69) is 5.32 Å². The zero-order valence-corrected chi connectivity index (χ0v) is 8.54. The van der Waals surface area contributed by atoms with Crippen molar-refractivity contribution in [2.75, 3.05) is 27.2 Å². The van der Waals surface area contributed by atoms with Crippen LogP contribution in [0.3, 0.4) is 0 Å². The fraction of sp³-hybridized carbons (Fsp3) is 0.889. The molecule has 0 aromatic carbocycles. The van der Waals surface area contributed by atoms with Crippen LogP contribution in [-0.4, -0.2) is 50.2 Å². The van der Waals surface area contributed by atoms with Crippen molar-refractivity contribution in [2.45, 2.75) is 25.5 Å². The molecule has 1 N–H and O–H groups in total. The Bertz CT molecular complexity index is 178. The summed E-state index contributed by atoms with van der Waals surface area (Å²) in [7, 11) is 3.40. The lowest BCUT2D eigenvalue weighted by Gasteiger charge is -2.26. The van der Waals surface area contributed by atoms with Gasteiger partial charge < -0.3 is 15.0 Å². The minimum absolute atomic E-state index is 0.0659. The zero-order chi connectivity index (χ0) is 9.84. The minimum atomic E-state index is -0.328. The molecule has 1 amide bonds. The van der Waals surface area contributed by atoms with E-state index in [1.165, 1.54) is 0 Å². The third kappa shape index (κ3) is 2.42. The second-order valence-corrected chi connectivity index (χ2v) is 3.47. The quantitative estimate of drug-likeness (QED) is 0.666. The lowest BCUT2D eigenvalue weighted by Crippen LogP contribution is -2.43. The first-order chi connectivity index (χ1) is 6.16. The predicted octanol–water partition coefficient (Wildman–Crippen LogP) is -0.158. The lowest BCUT2D eigenvalue weighted by atomic mass is 10.2. The highest BCUT2D eigenvalue weighted by Crippen LogP contribution is 2.08. The third-order valence-corrected chi connectivity index (χ3v) is 2.63. The van der Waals surface area contributed by atoms with E-state index < -0.39 is 0 Å². The molecule has 1 heterocycles.